The van der Waals surface area contributed by atoms with Crippen LogP contribution >= 0.6 is 11.3 Å². The number of carbonyl (C=O) groups is 1. The van der Waals surface area contributed by atoms with Crippen LogP contribution in [0.25, 0.3) is 0 Å². The van der Waals surface area contributed by atoms with Crippen molar-refractivity contribution >= 4 is 17.2 Å². The summed E-state index contributed by atoms with van der Waals surface area (Å²) in [6.45, 7) is 2.36. The Labute approximate surface area is 171 Å². The maximum atomic E-state index is 13.5. The Hall–Kier alpha value is -1.76. The zero-order valence-corrected chi connectivity index (χ0v) is 17.3. The van der Waals surface area contributed by atoms with Crippen molar-refractivity contribution in [1.29, 1.82) is 0 Å². The van der Waals surface area contributed by atoms with Gasteiger partial charge in [0.2, 0.25) is 5.91 Å². The number of nitrogens with zero attached hydrogens (tertiary/aromatic N) is 2. The van der Waals surface area contributed by atoms with Crippen molar-refractivity contribution in [2.75, 3.05) is 20.3 Å². The van der Waals surface area contributed by atoms with E-state index < -0.39 is 0 Å². The van der Waals surface area contributed by atoms with Gasteiger partial charge in [0.15, 0.2) is 0 Å². The first kappa shape index (κ1) is 19.6. The Morgan fingerprint density at radius 3 is 2.96 bits per heavy atom. The molecule has 2 aliphatic rings. The minimum atomic E-state index is -0.376. The van der Waals surface area contributed by atoms with Crippen molar-refractivity contribution in [3.05, 3.63) is 52.5 Å². The van der Waals surface area contributed by atoms with E-state index in [1.165, 1.54) is 6.42 Å². The molecule has 2 fully saturated rings. The van der Waals surface area contributed by atoms with Gasteiger partial charge in [-0.1, -0.05) is 30.3 Å². The molecule has 6 heteroatoms. The Bertz CT molecular complexity index is 767. The highest BCUT2D eigenvalue weighted by molar-refractivity contribution is 7.07. The predicted octanol–water partition coefficient (Wildman–Crippen LogP) is 3.26. The van der Waals surface area contributed by atoms with Gasteiger partial charge in [0.1, 0.15) is 0 Å². The van der Waals surface area contributed by atoms with E-state index in [0.29, 0.717) is 18.6 Å². The van der Waals surface area contributed by atoms with Gasteiger partial charge in [0, 0.05) is 50.7 Å². The number of methoxy groups -OCH3 is 1. The van der Waals surface area contributed by atoms with Crippen LogP contribution in [-0.4, -0.2) is 48.1 Å². The number of thiazole rings is 1. The summed E-state index contributed by atoms with van der Waals surface area (Å²) in [7, 11) is 1.75. The molecule has 1 aromatic carbocycles. The standard InChI is InChI=1S/C22H29N3O2S/c1-27-11-5-10-25-19-8-9-20(25)22(13-19,12-18-15-28-16-24-18)21(26)23-14-17-6-3-2-4-7-17/h2-4,6-7,15-16,19-20H,5,8-14H2,1H3,(H,23,26)/t19-,20+,22+/m1/s1. The summed E-state index contributed by atoms with van der Waals surface area (Å²) in [4.78, 5) is 20.6. The summed E-state index contributed by atoms with van der Waals surface area (Å²) in [5.41, 5.74) is 3.68. The van der Waals surface area contributed by atoms with Crippen LogP contribution < -0.4 is 5.32 Å². The monoisotopic (exact) mass is 399 g/mol. The first-order chi connectivity index (χ1) is 13.7. The van der Waals surface area contributed by atoms with Gasteiger partial charge in [-0.25, -0.2) is 4.98 Å². The number of hydrogen-bond donors (Lipinski definition) is 1. The van der Waals surface area contributed by atoms with Crippen LogP contribution in [0, 0.1) is 5.41 Å². The number of amides is 1. The fourth-order valence-corrected chi connectivity index (χ4v) is 5.71. The van der Waals surface area contributed by atoms with Crippen LogP contribution in [-0.2, 0) is 22.5 Å². The van der Waals surface area contributed by atoms with Gasteiger partial charge < -0.3 is 10.1 Å². The third-order valence-corrected chi connectivity index (χ3v) is 7.01. The molecule has 0 spiro atoms. The number of rotatable bonds is 9. The summed E-state index contributed by atoms with van der Waals surface area (Å²) in [6, 6.07) is 11.0. The Morgan fingerprint density at radius 2 is 2.21 bits per heavy atom. The second-order valence-corrected chi connectivity index (χ2v) is 8.73. The molecule has 0 unspecified atom stereocenters. The summed E-state index contributed by atoms with van der Waals surface area (Å²) in [5, 5.41) is 5.34. The molecule has 2 bridgehead atoms. The van der Waals surface area contributed by atoms with Crippen molar-refractivity contribution in [1.82, 2.24) is 15.2 Å². The van der Waals surface area contributed by atoms with E-state index >= 15 is 0 Å². The predicted molar refractivity (Wildman–Crippen MR) is 111 cm³/mol. The normalized spacial score (nSPS) is 26.6. The highest BCUT2D eigenvalue weighted by atomic mass is 32.1. The summed E-state index contributed by atoms with van der Waals surface area (Å²) in [5.74, 6) is 0.188. The van der Waals surface area contributed by atoms with Crippen LogP contribution in [0.1, 0.15) is 36.9 Å². The third-order valence-electron chi connectivity index (χ3n) is 6.37. The van der Waals surface area contributed by atoms with Gasteiger partial charge >= 0.3 is 0 Å². The van der Waals surface area contributed by atoms with Crippen molar-refractivity contribution in [3.8, 4) is 0 Å². The van der Waals surface area contributed by atoms with E-state index in [9.17, 15) is 4.79 Å². The molecule has 2 aliphatic heterocycles. The Balaban J connectivity index is 1.52. The van der Waals surface area contributed by atoms with Crippen molar-refractivity contribution in [2.45, 2.75) is 50.7 Å². The van der Waals surface area contributed by atoms with Crippen LogP contribution in [0.5, 0.6) is 0 Å². The van der Waals surface area contributed by atoms with Gasteiger partial charge in [-0.3, -0.25) is 9.69 Å². The lowest BCUT2D eigenvalue weighted by Gasteiger charge is -2.36. The molecule has 3 heterocycles. The maximum Gasteiger partial charge on any atom is 0.228 e. The van der Waals surface area contributed by atoms with Crippen molar-refractivity contribution < 1.29 is 9.53 Å². The van der Waals surface area contributed by atoms with Crippen molar-refractivity contribution in [3.63, 3.8) is 0 Å². The number of hydrogen-bond acceptors (Lipinski definition) is 5. The fraction of sp³-hybridized carbons (Fsp3) is 0.545. The van der Waals surface area contributed by atoms with E-state index in [1.807, 2.05) is 23.7 Å². The Morgan fingerprint density at radius 1 is 1.36 bits per heavy atom. The summed E-state index contributed by atoms with van der Waals surface area (Å²) >= 11 is 1.61. The van der Waals surface area contributed by atoms with Gasteiger partial charge in [0.25, 0.3) is 0 Å². The zero-order chi connectivity index (χ0) is 19.4. The number of aromatic nitrogens is 1. The van der Waals surface area contributed by atoms with E-state index in [-0.39, 0.29) is 11.3 Å². The molecule has 0 saturated carbocycles. The highest BCUT2D eigenvalue weighted by Gasteiger charge is 2.59. The number of carbonyl (C=O) groups excluding carboxylic acids is 1. The first-order valence-electron chi connectivity index (χ1n) is 10.2. The molecule has 0 aliphatic carbocycles. The van der Waals surface area contributed by atoms with Gasteiger partial charge in [0.05, 0.1) is 16.6 Å². The summed E-state index contributed by atoms with van der Waals surface area (Å²) < 4.78 is 5.25. The molecule has 4 rings (SSSR count). The molecule has 3 atom stereocenters. The Kier molecular flexibility index (Phi) is 6.09. The zero-order valence-electron chi connectivity index (χ0n) is 16.5. The van der Waals surface area contributed by atoms with Gasteiger partial charge in [-0.2, -0.15) is 0 Å². The second-order valence-electron chi connectivity index (χ2n) is 8.02. The minimum Gasteiger partial charge on any atom is -0.385 e. The lowest BCUT2D eigenvalue weighted by molar-refractivity contribution is -0.133. The first-order valence-corrected chi connectivity index (χ1v) is 11.1. The summed E-state index contributed by atoms with van der Waals surface area (Å²) in [6.07, 6.45) is 4.98. The molecule has 1 N–H and O–H groups in total. The van der Waals surface area contributed by atoms with Crippen LogP contribution in [0.15, 0.2) is 41.2 Å². The smallest absolute Gasteiger partial charge is 0.228 e. The number of benzene rings is 1. The number of ether oxygens (including phenoxy) is 1. The maximum absolute atomic E-state index is 13.5. The lowest BCUT2D eigenvalue weighted by atomic mass is 9.70. The molecule has 150 valence electrons. The lowest BCUT2D eigenvalue weighted by Crippen LogP contribution is -2.50. The van der Waals surface area contributed by atoms with Gasteiger partial charge in [-0.15, -0.1) is 11.3 Å². The molecule has 1 amide bonds. The van der Waals surface area contributed by atoms with Crippen molar-refractivity contribution in [2.24, 2.45) is 5.41 Å². The SMILES string of the molecule is COCCCN1[C@@H]2CC[C@H]1[C@@](Cc1cscn1)(C(=O)NCc1ccccc1)C2. The average molecular weight is 400 g/mol. The molecule has 5 nitrogen and oxygen atoms in total. The largest absolute Gasteiger partial charge is 0.385 e. The quantitative estimate of drug-likeness (QED) is 0.658. The molecule has 2 saturated heterocycles. The molecule has 28 heavy (non-hydrogen) atoms. The van der Waals surface area contributed by atoms with E-state index in [4.69, 9.17) is 4.74 Å². The molecular weight excluding hydrogens is 370 g/mol. The van der Waals surface area contributed by atoms with E-state index in [1.54, 1.807) is 18.4 Å². The fourth-order valence-electron chi connectivity index (χ4n) is 5.15. The third kappa shape index (κ3) is 3.86. The van der Waals surface area contributed by atoms with Crippen LogP contribution in [0.2, 0.25) is 0 Å². The minimum absolute atomic E-state index is 0.188. The van der Waals surface area contributed by atoms with E-state index in [2.05, 4.69) is 32.7 Å². The van der Waals surface area contributed by atoms with Crippen LogP contribution in [0.3, 0.4) is 0 Å². The van der Waals surface area contributed by atoms with E-state index in [0.717, 1.165) is 50.1 Å². The number of fused-ring (bicyclic) bond motifs is 2. The molecule has 1 aromatic heterocycles. The highest BCUT2D eigenvalue weighted by Crippen LogP contribution is 2.51. The average Bonchev–Trinajstić information content (AvgIpc) is 3.43. The number of nitrogens with one attached hydrogen (secondary N) is 1. The molecule has 2 aromatic rings. The second kappa shape index (κ2) is 8.72. The van der Waals surface area contributed by atoms with Gasteiger partial charge in [-0.05, 0) is 31.2 Å². The van der Waals surface area contributed by atoms with Crippen LogP contribution in [0.4, 0.5) is 0 Å². The molecule has 0 radical (unpaired) electrons. The topological polar surface area (TPSA) is 54.5 Å². The molecular formula is C22H29N3O2S.